The number of nitrogens with one attached hydrogen (secondary N) is 1. The molecule has 1 aromatic carbocycles. The number of nitrogens with two attached hydrogens (primary N) is 1. The van der Waals surface area contributed by atoms with Crippen LogP contribution in [-0.4, -0.2) is 21.6 Å². The molecule has 0 saturated carbocycles. The van der Waals surface area contributed by atoms with Gasteiger partial charge in [0.1, 0.15) is 17.6 Å². The molecule has 0 fully saturated rings. The molecule has 3 aromatic rings. The number of hydrogen-bond donors (Lipinski definition) is 2. The van der Waals surface area contributed by atoms with Crippen LogP contribution in [0.15, 0.2) is 24.3 Å². The van der Waals surface area contributed by atoms with Crippen molar-refractivity contribution in [1.29, 1.82) is 5.26 Å². The van der Waals surface area contributed by atoms with E-state index < -0.39 is 5.91 Å². The van der Waals surface area contributed by atoms with E-state index in [0.717, 1.165) is 36.1 Å². The maximum absolute atomic E-state index is 12.6. The van der Waals surface area contributed by atoms with E-state index in [4.69, 9.17) is 5.73 Å². The molecule has 136 valence electrons. The minimum absolute atomic E-state index is 0.0526. The average molecular weight is 379 g/mol. The zero-order valence-electron chi connectivity index (χ0n) is 14.5. The van der Waals surface area contributed by atoms with E-state index in [-0.39, 0.29) is 18.1 Å². The minimum atomic E-state index is -0.513. The highest BCUT2D eigenvalue weighted by atomic mass is 32.1. The fourth-order valence-corrected chi connectivity index (χ4v) is 4.86. The van der Waals surface area contributed by atoms with E-state index in [1.165, 1.54) is 16.0 Å². The molecule has 2 aromatic heterocycles. The lowest BCUT2D eigenvalue weighted by Crippen LogP contribution is -2.22. The molecule has 1 aliphatic rings. The van der Waals surface area contributed by atoms with Crippen molar-refractivity contribution < 1.29 is 9.59 Å². The summed E-state index contributed by atoms with van der Waals surface area (Å²) in [5.41, 5.74) is 7.98. The summed E-state index contributed by atoms with van der Waals surface area (Å²) in [7, 11) is 0. The maximum atomic E-state index is 12.6. The lowest BCUT2D eigenvalue weighted by molar-refractivity contribution is -0.116. The van der Waals surface area contributed by atoms with Crippen molar-refractivity contribution >= 4 is 39.1 Å². The van der Waals surface area contributed by atoms with Gasteiger partial charge in [-0.25, -0.2) is 0 Å². The number of nitrogens with zero attached hydrogens (tertiary/aromatic N) is 3. The van der Waals surface area contributed by atoms with E-state index in [9.17, 15) is 14.9 Å². The molecule has 0 unspecified atom stereocenters. The minimum Gasteiger partial charge on any atom is -0.365 e. The van der Waals surface area contributed by atoms with E-state index in [0.29, 0.717) is 21.5 Å². The first kappa shape index (κ1) is 17.2. The molecule has 0 spiro atoms. The number of anilines is 1. The van der Waals surface area contributed by atoms with Gasteiger partial charge in [-0.15, -0.1) is 11.3 Å². The number of nitriles is 1. The van der Waals surface area contributed by atoms with Crippen LogP contribution in [0.3, 0.4) is 0 Å². The summed E-state index contributed by atoms with van der Waals surface area (Å²) < 4.78 is 1.50. The molecular formula is C19H17N5O2S. The molecule has 0 atom stereocenters. The van der Waals surface area contributed by atoms with Crippen molar-refractivity contribution in [3.8, 4) is 6.07 Å². The van der Waals surface area contributed by atoms with Crippen LogP contribution < -0.4 is 11.1 Å². The van der Waals surface area contributed by atoms with Crippen molar-refractivity contribution in [2.24, 2.45) is 5.73 Å². The van der Waals surface area contributed by atoms with Gasteiger partial charge in [0.25, 0.3) is 5.91 Å². The van der Waals surface area contributed by atoms with Crippen LogP contribution >= 0.6 is 11.3 Å². The highest BCUT2D eigenvalue weighted by Gasteiger charge is 2.25. The van der Waals surface area contributed by atoms with Crippen LogP contribution in [0, 0.1) is 11.3 Å². The standard InChI is InChI=1S/C19H17N5O2S/c20-9-13-11-5-1-3-7-14(11)24(23-13)10-16(25)22-19-17(18(21)26)12-6-2-4-8-15(12)27-19/h1,3,5,7H,2,4,6,8,10H2,(H2,21,26)(H,22,25). The second-order valence-corrected chi connectivity index (χ2v) is 7.57. The molecular weight excluding hydrogens is 362 g/mol. The SMILES string of the molecule is N#Cc1nn(CC(=O)Nc2sc3c(c2C(N)=O)CCCC3)c2ccccc12. The number of rotatable bonds is 4. The van der Waals surface area contributed by atoms with Gasteiger partial charge in [-0.1, -0.05) is 12.1 Å². The number of aromatic nitrogens is 2. The van der Waals surface area contributed by atoms with Crippen molar-refractivity contribution in [2.75, 3.05) is 5.32 Å². The quantitative estimate of drug-likeness (QED) is 0.725. The zero-order chi connectivity index (χ0) is 19.0. The summed E-state index contributed by atoms with van der Waals surface area (Å²) in [4.78, 5) is 25.7. The smallest absolute Gasteiger partial charge is 0.251 e. The molecule has 0 bridgehead atoms. The van der Waals surface area contributed by atoms with Crippen LogP contribution in [0.4, 0.5) is 5.00 Å². The first-order valence-electron chi connectivity index (χ1n) is 8.68. The molecule has 2 heterocycles. The first-order chi connectivity index (χ1) is 13.1. The third-order valence-corrected chi connectivity index (χ3v) is 5.94. The molecule has 27 heavy (non-hydrogen) atoms. The Labute approximate surface area is 159 Å². The van der Waals surface area contributed by atoms with Gasteiger partial charge in [0.05, 0.1) is 11.1 Å². The Morgan fingerprint density at radius 1 is 1.30 bits per heavy atom. The van der Waals surface area contributed by atoms with Gasteiger partial charge in [0.2, 0.25) is 5.91 Å². The highest BCUT2D eigenvalue weighted by Crippen LogP contribution is 2.37. The van der Waals surface area contributed by atoms with Crippen molar-refractivity contribution in [1.82, 2.24) is 9.78 Å². The number of carbonyl (C=O) groups excluding carboxylic acids is 2. The first-order valence-corrected chi connectivity index (χ1v) is 9.50. The van der Waals surface area contributed by atoms with Gasteiger partial charge in [-0.2, -0.15) is 10.4 Å². The predicted octanol–water partition coefficient (Wildman–Crippen LogP) is 2.59. The maximum Gasteiger partial charge on any atom is 0.251 e. The van der Waals surface area contributed by atoms with Gasteiger partial charge in [0, 0.05) is 10.3 Å². The lowest BCUT2D eigenvalue weighted by Gasteiger charge is -2.11. The topological polar surface area (TPSA) is 114 Å². The number of thiophene rings is 1. The van der Waals surface area contributed by atoms with Crippen LogP contribution in [0.1, 0.15) is 39.3 Å². The molecule has 3 N–H and O–H groups in total. The third kappa shape index (κ3) is 3.06. The molecule has 4 rings (SSSR count). The Morgan fingerprint density at radius 2 is 2.07 bits per heavy atom. The number of carbonyl (C=O) groups is 2. The number of amides is 2. The fourth-order valence-electron chi connectivity index (χ4n) is 3.55. The van der Waals surface area contributed by atoms with Crippen LogP contribution in [-0.2, 0) is 24.2 Å². The summed E-state index contributed by atoms with van der Waals surface area (Å²) >= 11 is 1.43. The molecule has 2 amide bonds. The number of hydrogen-bond acceptors (Lipinski definition) is 5. The Hall–Kier alpha value is -3.18. The van der Waals surface area contributed by atoms with Gasteiger partial charge in [-0.05, 0) is 43.4 Å². The van der Waals surface area contributed by atoms with Crippen molar-refractivity contribution in [2.45, 2.75) is 32.2 Å². The Kier molecular flexibility index (Phi) is 4.38. The van der Waals surface area contributed by atoms with Crippen LogP contribution in [0.2, 0.25) is 0 Å². The Bertz CT molecular complexity index is 1110. The molecule has 1 aliphatic carbocycles. The predicted molar refractivity (Wildman–Crippen MR) is 103 cm³/mol. The largest absolute Gasteiger partial charge is 0.365 e. The average Bonchev–Trinajstić information content (AvgIpc) is 3.19. The van der Waals surface area contributed by atoms with E-state index in [1.807, 2.05) is 24.3 Å². The molecule has 0 aliphatic heterocycles. The second-order valence-electron chi connectivity index (χ2n) is 6.46. The molecule has 0 saturated heterocycles. The zero-order valence-corrected chi connectivity index (χ0v) is 15.3. The molecule has 7 nitrogen and oxygen atoms in total. The Balaban J connectivity index is 1.62. The third-order valence-electron chi connectivity index (χ3n) is 4.73. The summed E-state index contributed by atoms with van der Waals surface area (Å²) in [5.74, 6) is -0.824. The van der Waals surface area contributed by atoms with E-state index >= 15 is 0 Å². The monoisotopic (exact) mass is 379 g/mol. The number of fused-ring (bicyclic) bond motifs is 2. The van der Waals surface area contributed by atoms with Gasteiger partial charge < -0.3 is 11.1 Å². The normalized spacial score (nSPS) is 13.1. The molecule has 8 heteroatoms. The van der Waals surface area contributed by atoms with E-state index in [1.54, 1.807) is 6.07 Å². The van der Waals surface area contributed by atoms with Crippen molar-refractivity contribution in [3.05, 3.63) is 46.0 Å². The molecule has 0 radical (unpaired) electrons. The number of benzene rings is 1. The number of aryl methyl sites for hydroxylation is 1. The number of para-hydroxylation sites is 1. The summed E-state index contributed by atoms with van der Waals surface area (Å²) in [5, 5.41) is 17.5. The Morgan fingerprint density at radius 3 is 2.85 bits per heavy atom. The van der Waals surface area contributed by atoms with Crippen molar-refractivity contribution in [3.63, 3.8) is 0 Å². The number of primary amides is 1. The van der Waals surface area contributed by atoms with Gasteiger partial charge >= 0.3 is 0 Å². The summed E-state index contributed by atoms with van der Waals surface area (Å²) in [6.07, 6.45) is 3.82. The van der Waals surface area contributed by atoms with Gasteiger partial charge in [-0.3, -0.25) is 14.3 Å². The van der Waals surface area contributed by atoms with Crippen LogP contribution in [0.25, 0.3) is 10.9 Å². The van der Waals surface area contributed by atoms with E-state index in [2.05, 4.69) is 10.4 Å². The van der Waals surface area contributed by atoms with Gasteiger partial charge in [0.15, 0.2) is 5.69 Å². The fraction of sp³-hybridized carbons (Fsp3) is 0.263. The summed E-state index contributed by atoms with van der Waals surface area (Å²) in [6, 6.07) is 9.32. The highest BCUT2D eigenvalue weighted by molar-refractivity contribution is 7.17. The summed E-state index contributed by atoms with van der Waals surface area (Å²) in [6.45, 7) is -0.0526. The van der Waals surface area contributed by atoms with Crippen LogP contribution in [0.5, 0.6) is 0 Å². The lowest BCUT2D eigenvalue weighted by atomic mass is 9.95. The second kappa shape index (κ2) is 6.85.